The van der Waals surface area contributed by atoms with E-state index in [9.17, 15) is 15.0 Å². The number of ether oxygens (including phenoxy) is 1. The number of hydrogen-bond donors (Lipinski definition) is 3. The highest BCUT2D eigenvalue weighted by atomic mass is 35.5. The third-order valence-electron chi connectivity index (χ3n) is 5.75. The van der Waals surface area contributed by atoms with Gasteiger partial charge in [-0.2, -0.15) is 0 Å². The van der Waals surface area contributed by atoms with Crippen molar-refractivity contribution in [2.75, 3.05) is 7.11 Å². The van der Waals surface area contributed by atoms with Crippen molar-refractivity contribution < 1.29 is 19.7 Å². The molecule has 1 saturated carbocycles. The van der Waals surface area contributed by atoms with Crippen LogP contribution in [0, 0.1) is 5.92 Å². The Bertz CT molecular complexity index is 970. The number of aliphatic imine (C=N–C) groups is 1. The Morgan fingerprint density at radius 3 is 2.52 bits per heavy atom. The molecule has 1 aliphatic carbocycles. The molecule has 31 heavy (non-hydrogen) atoms. The number of carbonyl (C=O) groups excluding carboxylic acids is 1. The summed E-state index contributed by atoms with van der Waals surface area (Å²) in [6, 6.07) is 14.2. The van der Waals surface area contributed by atoms with E-state index in [1.807, 2.05) is 29.2 Å². The molecule has 164 valence electrons. The molecule has 4 N–H and O–H groups in total. The Labute approximate surface area is 189 Å². The van der Waals surface area contributed by atoms with E-state index >= 15 is 0 Å². The third-order valence-corrected chi connectivity index (χ3v) is 7.42. The quantitative estimate of drug-likeness (QED) is 0.631. The van der Waals surface area contributed by atoms with Crippen LogP contribution in [0.1, 0.15) is 12.0 Å². The van der Waals surface area contributed by atoms with Crippen LogP contribution in [-0.2, 0) is 11.3 Å². The summed E-state index contributed by atoms with van der Waals surface area (Å²) in [5.41, 5.74) is 7.33. The van der Waals surface area contributed by atoms with Crippen LogP contribution < -0.4 is 10.5 Å². The minimum Gasteiger partial charge on any atom is -0.497 e. The standard InChI is InChI=1S/C22H24ClN3O4S/c1-30-15-8-2-12(3-9-15)11-26-18-19(28)17(27)10-16(21(24)29)20(18)31-22(26)25-14-6-4-13(23)5-7-14/h2-9,16-20,27-28H,10-11H2,1H3,(H2,24,29)/t16-,17+,18+,19-,20+/m0/s1. The number of fused-ring (bicyclic) bond motifs is 1. The van der Waals surface area contributed by atoms with Crippen LogP contribution in [0.15, 0.2) is 53.5 Å². The van der Waals surface area contributed by atoms with Crippen molar-refractivity contribution in [1.29, 1.82) is 0 Å². The molecule has 0 spiro atoms. The van der Waals surface area contributed by atoms with E-state index in [4.69, 9.17) is 27.1 Å². The summed E-state index contributed by atoms with van der Waals surface area (Å²) in [6.45, 7) is 0.444. The predicted molar refractivity (Wildman–Crippen MR) is 122 cm³/mol. The second-order valence-electron chi connectivity index (χ2n) is 7.72. The fraction of sp³-hybridized carbons (Fsp3) is 0.364. The number of aliphatic hydroxyl groups is 2. The van der Waals surface area contributed by atoms with Crippen LogP contribution in [-0.4, -0.2) is 56.8 Å². The number of methoxy groups -OCH3 is 1. The average molecular weight is 462 g/mol. The molecule has 0 unspecified atom stereocenters. The van der Waals surface area contributed by atoms with Gasteiger partial charge in [-0.3, -0.25) is 4.79 Å². The summed E-state index contributed by atoms with van der Waals surface area (Å²) in [4.78, 5) is 18.8. The lowest BCUT2D eigenvalue weighted by atomic mass is 9.80. The number of nitrogens with two attached hydrogens (primary N) is 1. The molecular formula is C22H24ClN3O4S. The zero-order valence-electron chi connectivity index (χ0n) is 16.9. The minimum absolute atomic E-state index is 0.134. The number of primary amides is 1. The van der Waals surface area contributed by atoms with Gasteiger partial charge in [0, 0.05) is 16.8 Å². The maximum atomic E-state index is 12.1. The largest absolute Gasteiger partial charge is 0.497 e. The minimum atomic E-state index is -1.03. The Balaban J connectivity index is 1.72. The van der Waals surface area contributed by atoms with E-state index in [-0.39, 0.29) is 11.7 Å². The smallest absolute Gasteiger partial charge is 0.221 e. The van der Waals surface area contributed by atoms with Crippen molar-refractivity contribution >= 4 is 40.1 Å². The Morgan fingerprint density at radius 1 is 1.23 bits per heavy atom. The molecule has 0 bridgehead atoms. The monoisotopic (exact) mass is 461 g/mol. The van der Waals surface area contributed by atoms with Gasteiger partial charge in [-0.05, 0) is 48.4 Å². The molecule has 9 heteroatoms. The van der Waals surface area contributed by atoms with Crippen LogP contribution in [0.2, 0.25) is 5.02 Å². The molecule has 0 aromatic heterocycles. The number of carbonyl (C=O) groups is 1. The molecule has 5 atom stereocenters. The molecule has 1 saturated heterocycles. The van der Waals surface area contributed by atoms with E-state index in [1.165, 1.54) is 11.8 Å². The molecule has 4 rings (SSSR count). The van der Waals surface area contributed by atoms with Gasteiger partial charge in [-0.15, -0.1) is 0 Å². The van der Waals surface area contributed by atoms with Gasteiger partial charge in [0.2, 0.25) is 5.91 Å². The highest BCUT2D eigenvalue weighted by molar-refractivity contribution is 8.14. The van der Waals surface area contributed by atoms with E-state index in [0.29, 0.717) is 22.4 Å². The summed E-state index contributed by atoms with van der Waals surface area (Å²) in [5.74, 6) is -0.301. The number of nitrogens with zero attached hydrogens (tertiary/aromatic N) is 2. The van der Waals surface area contributed by atoms with Gasteiger partial charge in [0.25, 0.3) is 0 Å². The Kier molecular flexibility index (Phi) is 6.43. The van der Waals surface area contributed by atoms with Gasteiger partial charge < -0.3 is 25.6 Å². The SMILES string of the molecule is COc1ccc(CN2C(=Nc3ccc(Cl)cc3)S[C@H]3[C@H]2[C@@H](O)[C@H](O)C[C@@H]3C(N)=O)cc1. The molecular weight excluding hydrogens is 438 g/mol. The van der Waals surface area contributed by atoms with Gasteiger partial charge in [0.05, 0.1) is 30.9 Å². The lowest BCUT2D eigenvalue weighted by Gasteiger charge is -2.41. The second kappa shape index (κ2) is 9.08. The number of thioether (sulfide) groups is 1. The summed E-state index contributed by atoms with van der Waals surface area (Å²) in [6.07, 6.45) is -1.92. The molecule has 1 heterocycles. The Morgan fingerprint density at radius 2 is 1.90 bits per heavy atom. The maximum absolute atomic E-state index is 12.1. The molecule has 7 nitrogen and oxygen atoms in total. The zero-order chi connectivity index (χ0) is 22.1. The summed E-state index contributed by atoms with van der Waals surface area (Å²) in [5, 5.41) is 22.3. The molecule has 1 amide bonds. The van der Waals surface area contributed by atoms with Gasteiger partial charge in [-0.25, -0.2) is 4.99 Å². The number of halogens is 1. The van der Waals surface area contributed by atoms with Gasteiger partial charge in [0.1, 0.15) is 11.9 Å². The van der Waals surface area contributed by atoms with E-state index in [2.05, 4.69) is 0 Å². The zero-order valence-corrected chi connectivity index (χ0v) is 18.5. The fourth-order valence-corrected chi connectivity index (χ4v) is 5.83. The van der Waals surface area contributed by atoms with Gasteiger partial charge >= 0.3 is 0 Å². The molecule has 2 aliphatic rings. The fourth-order valence-electron chi connectivity index (χ4n) is 4.12. The number of rotatable bonds is 5. The lowest BCUT2D eigenvalue weighted by Crippen LogP contribution is -2.58. The lowest BCUT2D eigenvalue weighted by molar-refractivity contribution is -0.128. The molecule has 2 fully saturated rings. The van der Waals surface area contributed by atoms with E-state index in [0.717, 1.165) is 11.3 Å². The third kappa shape index (κ3) is 4.52. The predicted octanol–water partition coefficient (Wildman–Crippen LogP) is 2.55. The number of amidine groups is 1. The van der Waals surface area contributed by atoms with Crippen LogP contribution in [0.4, 0.5) is 5.69 Å². The molecule has 2 aromatic rings. The number of amides is 1. The first-order valence-electron chi connectivity index (χ1n) is 9.93. The van der Waals surface area contributed by atoms with Gasteiger partial charge in [0.15, 0.2) is 5.17 Å². The Hall–Kier alpha value is -2.26. The summed E-state index contributed by atoms with van der Waals surface area (Å²) in [7, 11) is 1.61. The van der Waals surface area contributed by atoms with Gasteiger partial charge in [-0.1, -0.05) is 35.5 Å². The number of hydrogen-bond acceptors (Lipinski definition) is 6. The first-order valence-corrected chi connectivity index (χ1v) is 11.2. The average Bonchev–Trinajstić information content (AvgIpc) is 3.10. The summed E-state index contributed by atoms with van der Waals surface area (Å²) >= 11 is 7.41. The first kappa shape index (κ1) is 22.0. The molecule has 1 aliphatic heterocycles. The van der Waals surface area contributed by atoms with Crippen LogP contribution in [0.25, 0.3) is 0 Å². The first-order chi connectivity index (χ1) is 14.9. The van der Waals surface area contributed by atoms with E-state index < -0.39 is 30.1 Å². The van der Waals surface area contributed by atoms with Crippen LogP contribution >= 0.6 is 23.4 Å². The number of benzene rings is 2. The highest BCUT2D eigenvalue weighted by Crippen LogP contribution is 2.45. The van der Waals surface area contributed by atoms with Crippen molar-refractivity contribution in [3.05, 3.63) is 59.1 Å². The van der Waals surface area contributed by atoms with Crippen LogP contribution in [0.3, 0.4) is 0 Å². The normalized spacial score (nSPS) is 29.1. The second-order valence-corrected chi connectivity index (χ2v) is 9.30. The van der Waals surface area contributed by atoms with E-state index in [1.54, 1.807) is 31.4 Å². The molecule has 2 aromatic carbocycles. The summed E-state index contributed by atoms with van der Waals surface area (Å²) < 4.78 is 5.23. The van der Waals surface area contributed by atoms with Crippen molar-refractivity contribution in [3.8, 4) is 5.75 Å². The number of aliphatic hydroxyl groups excluding tert-OH is 2. The maximum Gasteiger partial charge on any atom is 0.221 e. The highest BCUT2D eigenvalue weighted by Gasteiger charge is 2.54. The van der Waals surface area contributed by atoms with Crippen LogP contribution in [0.5, 0.6) is 5.75 Å². The topological polar surface area (TPSA) is 108 Å². The van der Waals surface area contributed by atoms with Crippen molar-refractivity contribution in [2.45, 2.75) is 36.5 Å². The molecule has 0 radical (unpaired) electrons. The van der Waals surface area contributed by atoms with Crippen molar-refractivity contribution in [1.82, 2.24) is 4.90 Å². The van der Waals surface area contributed by atoms with Crippen molar-refractivity contribution in [2.24, 2.45) is 16.6 Å². The van der Waals surface area contributed by atoms with Crippen molar-refractivity contribution in [3.63, 3.8) is 0 Å².